The molecule has 0 aliphatic carbocycles. The predicted molar refractivity (Wildman–Crippen MR) is 92.8 cm³/mol. The Labute approximate surface area is 146 Å². The maximum Gasteiger partial charge on any atom is 0.313 e. The Kier molecular flexibility index (Phi) is 5.24. The molecular weight excluding hydrogens is 346 g/mol. The van der Waals surface area contributed by atoms with Gasteiger partial charge < -0.3 is 15.4 Å². The Hall–Kier alpha value is -2.13. The summed E-state index contributed by atoms with van der Waals surface area (Å²) in [6.45, 7) is 1.46. The number of amides is 2. The van der Waals surface area contributed by atoms with Crippen LogP contribution in [0.4, 0.5) is 11.4 Å². The van der Waals surface area contributed by atoms with Gasteiger partial charge in [0.1, 0.15) is 0 Å². The van der Waals surface area contributed by atoms with Crippen molar-refractivity contribution in [2.24, 2.45) is 0 Å². The highest BCUT2D eigenvalue weighted by Crippen LogP contribution is 2.25. The summed E-state index contributed by atoms with van der Waals surface area (Å²) in [7, 11) is -3.24. The van der Waals surface area contributed by atoms with Crippen molar-refractivity contribution in [2.75, 3.05) is 35.1 Å². The highest BCUT2D eigenvalue weighted by molar-refractivity contribution is 7.93. The number of carbonyl (C=O) groups excluding carboxylic acids is 2. The SMILES string of the molecule is O=C(NC[C@H]1CCCO1)C(=O)Nc1ccc(N2CCCS2(=O)=O)cc1. The Balaban J connectivity index is 1.53. The van der Waals surface area contributed by atoms with Crippen LogP contribution in [0.1, 0.15) is 19.3 Å². The Morgan fingerprint density at radius 1 is 1.16 bits per heavy atom. The van der Waals surface area contributed by atoms with Crippen LogP contribution in [-0.2, 0) is 24.3 Å². The lowest BCUT2D eigenvalue weighted by atomic mass is 10.2. The van der Waals surface area contributed by atoms with E-state index in [2.05, 4.69) is 10.6 Å². The smallest absolute Gasteiger partial charge is 0.313 e. The number of hydrogen-bond acceptors (Lipinski definition) is 5. The van der Waals surface area contributed by atoms with Crippen molar-refractivity contribution >= 4 is 33.2 Å². The molecule has 0 radical (unpaired) electrons. The van der Waals surface area contributed by atoms with E-state index in [4.69, 9.17) is 4.74 Å². The number of carbonyl (C=O) groups is 2. The summed E-state index contributed by atoms with van der Waals surface area (Å²) in [5.74, 6) is -1.34. The minimum Gasteiger partial charge on any atom is -0.376 e. The number of rotatable bonds is 4. The van der Waals surface area contributed by atoms with Crippen LogP contribution in [0.15, 0.2) is 24.3 Å². The maximum atomic E-state index is 11.9. The van der Waals surface area contributed by atoms with Crippen LogP contribution in [0, 0.1) is 0 Å². The van der Waals surface area contributed by atoms with Crippen molar-refractivity contribution in [3.05, 3.63) is 24.3 Å². The summed E-state index contributed by atoms with van der Waals surface area (Å²) in [5.41, 5.74) is 0.982. The van der Waals surface area contributed by atoms with Crippen molar-refractivity contribution in [3.8, 4) is 0 Å². The van der Waals surface area contributed by atoms with Gasteiger partial charge in [0.05, 0.1) is 17.5 Å². The largest absolute Gasteiger partial charge is 0.376 e. The Bertz CT molecular complexity index is 742. The van der Waals surface area contributed by atoms with Crippen molar-refractivity contribution in [3.63, 3.8) is 0 Å². The van der Waals surface area contributed by atoms with Gasteiger partial charge in [-0.1, -0.05) is 0 Å². The Morgan fingerprint density at radius 3 is 2.52 bits per heavy atom. The average molecular weight is 367 g/mol. The topological polar surface area (TPSA) is 105 Å². The van der Waals surface area contributed by atoms with Gasteiger partial charge in [-0.05, 0) is 43.5 Å². The van der Waals surface area contributed by atoms with Gasteiger partial charge in [0.25, 0.3) is 0 Å². The van der Waals surface area contributed by atoms with Gasteiger partial charge in [-0.15, -0.1) is 0 Å². The molecule has 1 aromatic rings. The van der Waals surface area contributed by atoms with E-state index in [1.54, 1.807) is 24.3 Å². The van der Waals surface area contributed by atoms with Crippen molar-refractivity contribution in [2.45, 2.75) is 25.4 Å². The minimum absolute atomic E-state index is 0.0292. The maximum absolute atomic E-state index is 11.9. The normalized spacial score (nSPS) is 21.9. The second-order valence-electron chi connectivity index (χ2n) is 6.09. The fourth-order valence-corrected chi connectivity index (χ4v) is 4.49. The molecule has 2 aliphatic rings. The molecule has 0 saturated carbocycles. The second-order valence-corrected chi connectivity index (χ2v) is 8.10. The lowest BCUT2D eigenvalue weighted by molar-refractivity contribution is -0.136. The zero-order valence-electron chi connectivity index (χ0n) is 13.7. The van der Waals surface area contributed by atoms with E-state index in [9.17, 15) is 18.0 Å². The predicted octanol–water partition coefficient (Wildman–Crippen LogP) is 0.460. The summed E-state index contributed by atoms with van der Waals surface area (Å²) in [5, 5.41) is 5.04. The molecule has 2 aliphatic heterocycles. The molecule has 3 rings (SSSR count). The van der Waals surface area contributed by atoms with Gasteiger partial charge >= 0.3 is 11.8 Å². The number of hydrogen-bond donors (Lipinski definition) is 2. The molecule has 136 valence electrons. The van der Waals surface area contributed by atoms with Gasteiger partial charge in [0.2, 0.25) is 10.0 Å². The molecule has 1 aromatic carbocycles. The molecule has 0 unspecified atom stereocenters. The lowest BCUT2D eigenvalue weighted by Gasteiger charge is -2.17. The third-order valence-electron chi connectivity index (χ3n) is 4.23. The van der Waals surface area contributed by atoms with E-state index in [-0.39, 0.29) is 11.9 Å². The van der Waals surface area contributed by atoms with Gasteiger partial charge in [0, 0.05) is 25.4 Å². The molecular formula is C16H21N3O5S. The monoisotopic (exact) mass is 367 g/mol. The minimum atomic E-state index is -3.24. The van der Waals surface area contributed by atoms with Crippen LogP contribution in [0.2, 0.25) is 0 Å². The van der Waals surface area contributed by atoms with E-state index in [0.717, 1.165) is 12.8 Å². The first kappa shape index (κ1) is 17.7. The average Bonchev–Trinajstić information content (AvgIpc) is 3.22. The first-order valence-corrected chi connectivity index (χ1v) is 9.88. The lowest BCUT2D eigenvalue weighted by Crippen LogP contribution is -2.39. The van der Waals surface area contributed by atoms with Gasteiger partial charge in [0.15, 0.2) is 0 Å². The summed E-state index contributed by atoms with van der Waals surface area (Å²) >= 11 is 0. The molecule has 2 fully saturated rings. The third-order valence-corrected chi connectivity index (χ3v) is 6.10. The quantitative estimate of drug-likeness (QED) is 0.753. The third kappa shape index (κ3) is 4.29. The second kappa shape index (κ2) is 7.40. The number of sulfonamides is 1. The van der Waals surface area contributed by atoms with Crippen LogP contribution < -0.4 is 14.9 Å². The van der Waals surface area contributed by atoms with E-state index in [1.165, 1.54) is 4.31 Å². The standard InChI is InChI=1S/C16H21N3O5S/c20-15(17-11-14-3-1-9-24-14)16(21)18-12-4-6-13(7-5-12)19-8-2-10-25(19,22)23/h4-7,14H,1-3,8-11H2,(H,17,20)(H,18,21)/t14-/m1/s1. The molecule has 0 spiro atoms. The van der Waals surface area contributed by atoms with Gasteiger partial charge in [-0.25, -0.2) is 8.42 Å². The number of anilines is 2. The molecule has 8 nitrogen and oxygen atoms in total. The number of ether oxygens (including phenoxy) is 1. The molecule has 1 atom stereocenters. The Morgan fingerprint density at radius 2 is 1.92 bits per heavy atom. The summed E-state index contributed by atoms with van der Waals surface area (Å²) < 4.78 is 30.5. The van der Waals surface area contributed by atoms with Crippen LogP contribution in [-0.4, -0.2) is 51.8 Å². The number of nitrogens with one attached hydrogen (secondary N) is 2. The number of benzene rings is 1. The first-order chi connectivity index (χ1) is 12.0. The van der Waals surface area contributed by atoms with E-state index in [1.807, 2.05) is 0 Å². The fourth-order valence-electron chi connectivity index (χ4n) is 2.92. The molecule has 2 amide bonds. The van der Waals surface area contributed by atoms with E-state index in [0.29, 0.717) is 37.5 Å². The van der Waals surface area contributed by atoms with E-state index >= 15 is 0 Å². The van der Waals surface area contributed by atoms with Crippen LogP contribution in [0.3, 0.4) is 0 Å². The molecule has 9 heteroatoms. The zero-order chi connectivity index (χ0) is 17.9. The summed E-state index contributed by atoms with van der Waals surface area (Å²) in [6, 6.07) is 6.38. The zero-order valence-corrected chi connectivity index (χ0v) is 14.5. The van der Waals surface area contributed by atoms with Crippen molar-refractivity contribution in [1.29, 1.82) is 0 Å². The number of nitrogens with zero attached hydrogens (tertiary/aromatic N) is 1. The van der Waals surface area contributed by atoms with Crippen LogP contribution in [0.5, 0.6) is 0 Å². The molecule has 2 saturated heterocycles. The molecule has 25 heavy (non-hydrogen) atoms. The summed E-state index contributed by atoms with van der Waals surface area (Å²) in [6.07, 6.45) is 2.42. The van der Waals surface area contributed by atoms with Crippen LogP contribution in [0.25, 0.3) is 0 Å². The van der Waals surface area contributed by atoms with Crippen molar-refractivity contribution in [1.82, 2.24) is 5.32 Å². The van der Waals surface area contributed by atoms with Gasteiger partial charge in [-0.2, -0.15) is 0 Å². The molecule has 2 N–H and O–H groups in total. The van der Waals surface area contributed by atoms with Crippen molar-refractivity contribution < 1.29 is 22.7 Å². The first-order valence-electron chi connectivity index (χ1n) is 8.27. The van der Waals surface area contributed by atoms with E-state index < -0.39 is 21.8 Å². The molecule has 0 aromatic heterocycles. The fraction of sp³-hybridized carbons (Fsp3) is 0.500. The summed E-state index contributed by atoms with van der Waals surface area (Å²) in [4.78, 5) is 23.7. The van der Waals surface area contributed by atoms with Gasteiger partial charge in [-0.3, -0.25) is 13.9 Å². The molecule has 2 heterocycles. The molecule has 0 bridgehead atoms. The van der Waals surface area contributed by atoms with Crippen LogP contribution >= 0.6 is 0 Å². The highest BCUT2D eigenvalue weighted by Gasteiger charge is 2.28. The highest BCUT2D eigenvalue weighted by atomic mass is 32.2.